The number of hydrogen-bond donors (Lipinski definition) is 1. The number of hydrogen-bond acceptors (Lipinski definition) is 6. The van der Waals surface area contributed by atoms with E-state index in [9.17, 15) is 31.2 Å². The minimum absolute atomic E-state index is 0.0525. The summed E-state index contributed by atoms with van der Waals surface area (Å²) >= 11 is 6.37. The first-order valence-electron chi connectivity index (χ1n) is 10.1. The zero-order chi connectivity index (χ0) is 26.2. The molecule has 0 radical (unpaired) electrons. The molecular weight excluding hydrogens is 525 g/mol. The third-order valence-corrected chi connectivity index (χ3v) is 7.20. The van der Waals surface area contributed by atoms with Crippen molar-refractivity contribution in [3.63, 3.8) is 0 Å². The molecule has 36 heavy (non-hydrogen) atoms. The molecule has 0 saturated carbocycles. The minimum atomic E-state index is -5.98. The lowest BCUT2D eigenvalue weighted by molar-refractivity contribution is -0.0500. The van der Waals surface area contributed by atoms with E-state index in [-0.39, 0.29) is 22.4 Å². The average molecular weight is 539 g/mol. The van der Waals surface area contributed by atoms with E-state index in [1.54, 1.807) is 37.4 Å². The van der Waals surface area contributed by atoms with Gasteiger partial charge in [-0.25, -0.2) is 0 Å². The summed E-state index contributed by atoms with van der Waals surface area (Å²) in [4.78, 5) is 25.7. The molecular formula is C23H14ClF3N2O6S. The summed E-state index contributed by atoms with van der Waals surface area (Å²) < 4.78 is 73.1. The molecule has 8 nitrogen and oxygen atoms in total. The first-order valence-corrected chi connectivity index (χ1v) is 11.9. The number of carbonyl (C=O) groups excluding carboxylic acids is 2. The molecule has 4 aromatic rings. The van der Waals surface area contributed by atoms with Crippen LogP contribution < -0.4 is 14.2 Å². The Hall–Kier alpha value is -3.77. The van der Waals surface area contributed by atoms with Crippen LogP contribution in [0.1, 0.15) is 20.7 Å². The van der Waals surface area contributed by atoms with Crippen LogP contribution in [0.15, 0.2) is 42.5 Å². The van der Waals surface area contributed by atoms with Crippen LogP contribution in [0, 0.1) is 0 Å². The topological polar surface area (TPSA) is 104 Å². The molecule has 186 valence electrons. The molecule has 3 aromatic carbocycles. The highest BCUT2D eigenvalue weighted by molar-refractivity contribution is 7.88. The van der Waals surface area contributed by atoms with Crippen LogP contribution in [0.2, 0.25) is 5.02 Å². The second-order valence-corrected chi connectivity index (χ2v) is 9.84. The number of nitrogens with zero attached hydrogens (tertiary/aromatic N) is 1. The van der Waals surface area contributed by atoms with Crippen molar-refractivity contribution in [2.24, 2.45) is 7.05 Å². The molecule has 0 aliphatic carbocycles. The van der Waals surface area contributed by atoms with Gasteiger partial charge in [-0.05, 0) is 23.8 Å². The van der Waals surface area contributed by atoms with Crippen molar-refractivity contribution in [2.45, 2.75) is 5.51 Å². The Bertz CT molecular complexity index is 1740. The number of benzene rings is 3. The van der Waals surface area contributed by atoms with Gasteiger partial charge in [0, 0.05) is 34.5 Å². The number of alkyl halides is 3. The Morgan fingerprint density at radius 2 is 1.61 bits per heavy atom. The fraction of sp³-hybridized carbons (Fsp3) is 0.130. The highest BCUT2D eigenvalue weighted by atomic mass is 35.5. The fourth-order valence-electron chi connectivity index (χ4n) is 4.34. The van der Waals surface area contributed by atoms with Crippen molar-refractivity contribution in [3.8, 4) is 22.6 Å². The van der Waals surface area contributed by atoms with E-state index in [0.29, 0.717) is 32.4 Å². The zero-order valence-electron chi connectivity index (χ0n) is 18.4. The highest BCUT2D eigenvalue weighted by Crippen LogP contribution is 2.44. The van der Waals surface area contributed by atoms with Crippen molar-refractivity contribution < 1.29 is 40.1 Å². The van der Waals surface area contributed by atoms with Gasteiger partial charge in [0.05, 0.1) is 29.3 Å². The van der Waals surface area contributed by atoms with E-state index < -0.39 is 33.2 Å². The summed E-state index contributed by atoms with van der Waals surface area (Å²) in [5.41, 5.74) is -3.99. The SMILES string of the molecule is COc1cc2c3c4c(c(-c5ccccc5Cl)cc3n(C)c2cc1OS(=O)(=O)C(F)(F)F)C(=O)NC4=O. The van der Waals surface area contributed by atoms with Gasteiger partial charge in [0.2, 0.25) is 0 Å². The average Bonchev–Trinajstić information content (AvgIpc) is 3.25. The first kappa shape index (κ1) is 23.9. The molecule has 0 spiro atoms. The number of amides is 2. The Morgan fingerprint density at radius 3 is 2.25 bits per heavy atom. The second kappa shape index (κ2) is 7.87. The molecule has 1 aromatic heterocycles. The molecule has 0 atom stereocenters. The van der Waals surface area contributed by atoms with Gasteiger partial charge in [0.25, 0.3) is 11.8 Å². The van der Waals surface area contributed by atoms with Gasteiger partial charge in [-0.1, -0.05) is 29.8 Å². The van der Waals surface area contributed by atoms with Gasteiger partial charge in [-0.3, -0.25) is 14.9 Å². The number of ether oxygens (including phenoxy) is 1. The molecule has 0 unspecified atom stereocenters. The maximum absolute atomic E-state index is 12.9. The summed E-state index contributed by atoms with van der Waals surface area (Å²) in [6, 6.07) is 10.7. The van der Waals surface area contributed by atoms with Crippen LogP contribution in [-0.2, 0) is 17.2 Å². The Morgan fingerprint density at radius 1 is 0.944 bits per heavy atom. The number of halogens is 4. The molecule has 2 heterocycles. The van der Waals surface area contributed by atoms with E-state index in [1.165, 1.54) is 10.6 Å². The smallest absolute Gasteiger partial charge is 0.493 e. The predicted octanol–water partition coefficient (Wildman–Crippen LogP) is 4.77. The van der Waals surface area contributed by atoms with E-state index >= 15 is 0 Å². The molecule has 1 N–H and O–H groups in total. The predicted molar refractivity (Wildman–Crippen MR) is 125 cm³/mol. The number of carbonyl (C=O) groups is 2. The molecule has 0 bridgehead atoms. The molecule has 1 aliphatic rings. The van der Waals surface area contributed by atoms with Crippen LogP contribution in [0.25, 0.3) is 32.9 Å². The number of aromatic nitrogens is 1. The standard InChI is InChI=1S/C23H14ClF3N2O6S/c1-29-14-9-17(35-36(32,33)23(25,26)27)16(34-2)8-12(14)18-15(29)7-11(10-5-3-4-6-13(10)24)19-20(18)22(31)28-21(19)30/h3-9H,1-2H3,(H,28,30,31). The fourth-order valence-corrected chi connectivity index (χ4v) is 5.03. The summed E-state index contributed by atoms with van der Waals surface area (Å²) in [5, 5.41) is 3.26. The first-order chi connectivity index (χ1) is 16.9. The monoisotopic (exact) mass is 538 g/mol. The van der Waals surface area contributed by atoms with Gasteiger partial charge in [-0.15, -0.1) is 0 Å². The largest absolute Gasteiger partial charge is 0.534 e. The minimum Gasteiger partial charge on any atom is -0.493 e. The number of aryl methyl sites for hydroxylation is 1. The van der Waals surface area contributed by atoms with Crippen LogP contribution >= 0.6 is 11.6 Å². The molecule has 1 aliphatic heterocycles. The van der Waals surface area contributed by atoms with Crippen LogP contribution in [0.5, 0.6) is 11.5 Å². The Kier molecular flexibility index (Phi) is 5.23. The summed E-state index contributed by atoms with van der Waals surface area (Å²) in [7, 11) is -3.29. The third-order valence-electron chi connectivity index (χ3n) is 5.91. The van der Waals surface area contributed by atoms with Crippen molar-refractivity contribution >= 4 is 55.3 Å². The second-order valence-electron chi connectivity index (χ2n) is 7.89. The number of fused-ring (bicyclic) bond motifs is 5. The third kappa shape index (κ3) is 3.39. The summed E-state index contributed by atoms with van der Waals surface area (Å²) in [6.45, 7) is 0. The van der Waals surface area contributed by atoms with Gasteiger partial charge in [0.15, 0.2) is 11.5 Å². The molecule has 13 heteroatoms. The lowest BCUT2D eigenvalue weighted by Crippen LogP contribution is -2.28. The number of imide groups is 1. The van der Waals surface area contributed by atoms with Crippen LogP contribution in [0.4, 0.5) is 13.2 Å². The maximum atomic E-state index is 12.9. The van der Waals surface area contributed by atoms with E-state index in [2.05, 4.69) is 9.50 Å². The quantitative estimate of drug-likeness (QED) is 0.228. The molecule has 0 fully saturated rings. The van der Waals surface area contributed by atoms with Gasteiger partial charge in [-0.2, -0.15) is 21.6 Å². The van der Waals surface area contributed by atoms with Crippen molar-refractivity contribution in [2.75, 3.05) is 7.11 Å². The van der Waals surface area contributed by atoms with E-state index in [4.69, 9.17) is 16.3 Å². The molecule has 2 amide bonds. The van der Waals surface area contributed by atoms with Gasteiger partial charge in [0.1, 0.15) is 0 Å². The zero-order valence-corrected chi connectivity index (χ0v) is 19.9. The maximum Gasteiger partial charge on any atom is 0.534 e. The summed E-state index contributed by atoms with van der Waals surface area (Å²) in [6.07, 6.45) is 0. The lowest BCUT2D eigenvalue weighted by Gasteiger charge is -2.13. The van der Waals surface area contributed by atoms with E-state index in [0.717, 1.165) is 13.2 Å². The number of nitrogens with one attached hydrogen (secondary N) is 1. The molecule has 5 rings (SSSR count). The van der Waals surface area contributed by atoms with E-state index in [1.807, 2.05) is 0 Å². The van der Waals surface area contributed by atoms with Crippen molar-refractivity contribution in [1.29, 1.82) is 0 Å². The number of methoxy groups -OCH3 is 1. The number of rotatable bonds is 4. The van der Waals surface area contributed by atoms with Gasteiger partial charge < -0.3 is 13.5 Å². The highest BCUT2D eigenvalue weighted by Gasteiger charge is 2.49. The van der Waals surface area contributed by atoms with Crippen molar-refractivity contribution in [3.05, 3.63) is 58.6 Å². The Balaban J connectivity index is 1.88. The Labute approximate surface area is 206 Å². The van der Waals surface area contributed by atoms with Crippen LogP contribution in [0.3, 0.4) is 0 Å². The van der Waals surface area contributed by atoms with Crippen molar-refractivity contribution in [1.82, 2.24) is 9.88 Å². The molecule has 0 saturated heterocycles. The van der Waals surface area contributed by atoms with Crippen LogP contribution in [-0.4, -0.2) is 37.4 Å². The lowest BCUT2D eigenvalue weighted by atomic mass is 9.93. The van der Waals surface area contributed by atoms with Gasteiger partial charge >= 0.3 is 15.6 Å². The summed E-state index contributed by atoms with van der Waals surface area (Å²) in [5.74, 6) is -2.32. The normalized spacial score (nSPS) is 13.8.